The van der Waals surface area contributed by atoms with E-state index < -0.39 is 179 Å². The van der Waals surface area contributed by atoms with Gasteiger partial charge in [0.2, 0.25) is 29.5 Å². The van der Waals surface area contributed by atoms with Crippen LogP contribution in [-0.4, -0.2) is 251 Å². The Bertz CT molecular complexity index is 1640. The molecule has 3 heterocycles. The van der Waals surface area contributed by atoms with E-state index in [1.807, 2.05) is 13.8 Å². The van der Waals surface area contributed by atoms with Gasteiger partial charge in [0.15, 0.2) is 18.9 Å². The van der Waals surface area contributed by atoms with Gasteiger partial charge in [-0.2, -0.15) is 0 Å². The maximum atomic E-state index is 13.8. The van der Waals surface area contributed by atoms with Gasteiger partial charge in [-0.25, -0.2) is 0 Å². The molecule has 14 N–H and O–H groups in total. The van der Waals surface area contributed by atoms with Gasteiger partial charge in [0.05, 0.1) is 90.2 Å². The molecule has 3 fully saturated rings. The number of carbonyl (C=O) groups excluding carboxylic acids is 6. The number of rotatable bonds is 33. The van der Waals surface area contributed by atoms with E-state index in [-0.39, 0.29) is 64.6 Å². The summed E-state index contributed by atoms with van der Waals surface area (Å²) in [6.45, 7) is 5.68. The summed E-state index contributed by atoms with van der Waals surface area (Å²) in [5.41, 5.74) is 0. The normalized spacial score (nSPS) is 30.6. The number of amides is 5. The summed E-state index contributed by atoms with van der Waals surface area (Å²) in [6, 6.07) is -1.12. The van der Waals surface area contributed by atoms with Crippen LogP contribution in [0.4, 0.5) is 0 Å². The molecule has 5 amide bonds. The third-order valence-corrected chi connectivity index (χ3v) is 13.0. The Kier molecular flexibility index (Phi) is 29.3. The molecule has 16 atom stereocenters. The van der Waals surface area contributed by atoms with Gasteiger partial charge in [-0.3, -0.25) is 33.7 Å². The summed E-state index contributed by atoms with van der Waals surface area (Å²) in [6.07, 6.45) is -12.6. The topological polar surface area (TPSA) is 403 Å². The molecule has 428 valence electrons. The zero-order chi connectivity index (χ0) is 55.1. The Hall–Kier alpha value is -3.62. The van der Waals surface area contributed by atoms with Crippen LogP contribution in [0.25, 0.3) is 0 Å². The third kappa shape index (κ3) is 21.1. The Labute approximate surface area is 431 Å². The first kappa shape index (κ1) is 64.7. The van der Waals surface area contributed by atoms with E-state index in [1.54, 1.807) is 20.8 Å². The van der Waals surface area contributed by atoms with Gasteiger partial charge in [0.1, 0.15) is 42.4 Å². The van der Waals surface area contributed by atoms with Gasteiger partial charge in [0.25, 0.3) is 0 Å². The first-order chi connectivity index (χ1) is 35.1. The highest BCUT2D eigenvalue weighted by atomic mass is 16.7. The first-order valence-corrected chi connectivity index (χ1v) is 25.5. The molecule has 3 rings (SSSR count). The second-order valence-electron chi connectivity index (χ2n) is 19.5. The molecule has 3 saturated heterocycles. The fourth-order valence-electron chi connectivity index (χ4n) is 8.35. The van der Waals surface area contributed by atoms with E-state index in [9.17, 15) is 74.7 Å². The molecule has 0 aliphatic carbocycles. The lowest BCUT2D eigenvalue weighted by molar-refractivity contribution is -0.282. The molecule has 0 bridgehead atoms. The zero-order valence-electron chi connectivity index (χ0n) is 43.1. The fourth-order valence-corrected chi connectivity index (χ4v) is 8.35. The van der Waals surface area contributed by atoms with Gasteiger partial charge in [0, 0.05) is 50.2 Å². The van der Waals surface area contributed by atoms with Crippen LogP contribution in [0.2, 0.25) is 0 Å². The van der Waals surface area contributed by atoms with E-state index in [2.05, 4.69) is 26.6 Å². The number of ketones is 1. The van der Waals surface area contributed by atoms with Crippen molar-refractivity contribution in [3.63, 3.8) is 0 Å². The number of nitrogens with one attached hydrogen (secondary N) is 5. The lowest BCUT2D eigenvalue weighted by atomic mass is 9.92. The number of hydrogen-bond acceptors (Lipinski definition) is 22. The lowest BCUT2D eigenvalue weighted by Gasteiger charge is -2.40. The van der Waals surface area contributed by atoms with Crippen LogP contribution < -0.4 is 26.6 Å². The third-order valence-electron chi connectivity index (χ3n) is 13.0. The highest BCUT2D eigenvalue weighted by Crippen LogP contribution is 2.29. The molecule has 0 aromatic carbocycles. The van der Waals surface area contributed by atoms with Gasteiger partial charge in [-0.05, 0) is 31.6 Å². The van der Waals surface area contributed by atoms with Crippen LogP contribution in [0.3, 0.4) is 0 Å². The predicted octanol–water partition coefficient (Wildman–Crippen LogP) is -5.92. The summed E-state index contributed by atoms with van der Waals surface area (Å²) in [4.78, 5) is 80.2. The van der Waals surface area contributed by atoms with Gasteiger partial charge < -0.3 is 101 Å². The van der Waals surface area contributed by atoms with Crippen molar-refractivity contribution in [1.82, 2.24) is 31.5 Å². The molecule has 3 aliphatic heterocycles. The van der Waals surface area contributed by atoms with E-state index in [0.717, 1.165) is 0 Å². The molecule has 7 unspecified atom stereocenters. The minimum atomic E-state index is -1.28. The van der Waals surface area contributed by atoms with Crippen molar-refractivity contribution in [2.75, 3.05) is 85.5 Å². The molecule has 0 spiro atoms. The van der Waals surface area contributed by atoms with Crippen LogP contribution in [0, 0.1) is 23.7 Å². The molecule has 0 aromatic rings. The minimum absolute atomic E-state index is 0.0850. The quantitative estimate of drug-likeness (QED) is 0.0272. The van der Waals surface area contributed by atoms with Crippen molar-refractivity contribution >= 4 is 35.3 Å². The Balaban J connectivity index is 1.53. The Morgan fingerprint density at radius 3 is 1.26 bits per heavy atom. The van der Waals surface area contributed by atoms with Crippen molar-refractivity contribution in [3.05, 3.63) is 0 Å². The van der Waals surface area contributed by atoms with E-state index in [1.165, 1.54) is 4.90 Å². The summed E-state index contributed by atoms with van der Waals surface area (Å²) in [5.74, 6) is -5.41. The Morgan fingerprint density at radius 2 is 0.878 bits per heavy atom. The molecule has 3 aliphatic rings. The van der Waals surface area contributed by atoms with Crippen molar-refractivity contribution < 1.29 is 103 Å². The molecular weight excluding hydrogens is 985 g/mol. The van der Waals surface area contributed by atoms with Gasteiger partial charge >= 0.3 is 0 Å². The van der Waals surface area contributed by atoms with E-state index in [0.29, 0.717) is 19.3 Å². The highest BCUT2D eigenvalue weighted by Gasteiger charge is 2.44. The summed E-state index contributed by atoms with van der Waals surface area (Å²) in [7, 11) is 0. The summed E-state index contributed by atoms with van der Waals surface area (Å²) >= 11 is 0. The van der Waals surface area contributed by atoms with Crippen molar-refractivity contribution in [3.8, 4) is 0 Å². The fraction of sp³-hybridized carbons (Fsp3) is 0.872. The number of nitrogens with zero attached hydrogens (tertiary/aromatic N) is 1. The lowest BCUT2D eigenvalue weighted by Crippen LogP contribution is -2.55. The summed E-state index contributed by atoms with van der Waals surface area (Å²) < 4.78 is 33.6. The maximum Gasteiger partial charge on any atom is 0.239 e. The van der Waals surface area contributed by atoms with Gasteiger partial charge in [-0.1, -0.05) is 34.6 Å². The van der Waals surface area contributed by atoms with Crippen LogP contribution in [0.5, 0.6) is 0 Å². The second kappa shape index (κ2) is 33.5. The van der Waals surface area contributed by atoms with Gasteiger partial charge in [-0.15, -0.1) is 0 Å². The van der Waals surface area contributed by atoms with Crippen LogP contribution in [-0.2, 0) is 57.2 Å². The standard InChI is InChI=1S/C47H84N6O21/c1-25(2)17-30(44(68)52-19-36(60)50-13-8-16-71-47-28(5)40(64)43(67)33(24-56)74-47)53(20-29(57)9-10-34(58)48-11-6-14-69-45-26(3)38(62)41(65)31(22-54)72-45)21-37(61)51-18-35(59)49-12-7-15-70-46-27(4)39(63)42(66)32(23-55)73-46/h25-28,30-33,38-43,45-47,54-56,62-67H,6-24H2,1-5H3,(H,48,58)(H,49,59)(H,50,60)(H,51,61)(H,52,68)/t26?,27?,28?,30?,31?,32?,33?,38-,39-,40-,41+,42+,43+,45-,46-,47-/m1/s1. The molecule has 0 aromatic heterocycles. The van der Waals surface area contributed by atoms with Crippen LogP contribution in [0.15, 0.2) is 0 Å². The molecule has 74 heavy (non-hydrogen) atoms. The van der Waals surface area contributed by atoms with Crippen molar-refractivity contribution in [1.29, 1.82) is 0 Å². The largest absolute Gasteiger partial charge is 0.394 e. The molecule has 0 saturated carbocycles. The number of carbonyl (C=O) groups is 6. The minimum Gasteiger partial charge on any atom is -0.394 e. The average molecular weight is 1070 g/mol. The average Bonchev–Trinajstić information content (AvgIpc) is 3.37. The summed E-state index contributed by atoms with van der Waals surface area (Å²) in [5, 5.41) is 102. The van der Waals surface area contributed by atoms with E-state index >= 15 is 0 Å². The number of ether oxygens (including phenoxy) is 6. The zero-order valence-corrected chi connectivity index (χ0v) is 43.1. The van der Waals surface area contributed by atoms with Crippen molar-refractivity contribution in [2.24, 2.45) is 23.7 Å². The van der Waals surface area contributed by atoms with Crippen LogP contribution >= 0.6 is 0 Å². The number of hydrogen-bond donors (Lipinski definition) is 14. The maximum absolute atomic E-state index is 13.8. The van der Waals surface area contributed by atoms with E-state index in [4.69, 9.17) is 28.4 Å². The van der Waals surface area contributed by atoms with Crippen LogP contribution in [0.1, 0.15) is 73.1 Å². The molecule has 27 heteroatoms. The Morgan fingerprint density at radius 1 is 0.500 bits per heavy atom. The monoisotopic (exact) mass is 1070 g/mol. The number of Topliss-reactive ketones (excluding diaryl/α,β-unsaturated/α-hetero) is 1. The molecule has 0 radical (unpaired) electrons. The smallest absolute Gasteiger partial charge is 0.239 e. The second-order valence-corrected chi connectivity index (χ2v) is 19.5. The molecule has 27 nitrogen and oxygen atoms in total. The number of aliphatic hydroxyl groups is 9. The molecular formula is C47H84N6O21. The van der Waals surface area contributed by atoms with Crippen molar-refractivity contribution in [2.45, 2.75) is 153 Å². The predicted molar refractivity (Wildman–Crippen MR) is 257 cm³/mol. The first-order valence-electron chi connectivity index (χ1n) is 25.5. The SMILES string of the molecule is CC(C)CC(C(=O)NCC(=O)NCCCO[C@@H]1OC(CO)[C@H](O)[C@H](O)C1C)N(CC(=O)CCC(=O)NCCCO[C@@H]1OC(CO)[C@H](O)[C@H](O)C1C)CC(=O)NCC(=O)NCCCO[C@@H]1OC(CO)[C@H](O)[C@H](O)C1C. The number of aliphatic hydroxyl groups excluding tert-OH is 9. The highest BCUT2D eigenvalue weighted by molar-refractivity contribution is 5.91.